The predicted molar refractivity (Wildman–Crippen MR) is 81.7 cm³/mol. The number of aromatic nitrogens is 2. The molecule has 3 heterocycles. The van der Waals surface area contributed by atoms with Gasteiger partial charge in [-0.1, -0.05) is 13.3 Å². The van der Waals surface area contributed by atoms with Crippen LogP contribution in [-0.4, -0.2) is 45.9 Å². The second-order valence-corrected chi connectivity index (χ2v) is 6.37. The van der Waals surface area contributed by atoms with Gasteiger partial charge in [0.05, 0.1) is 6.54 Å². The van der Waals surface area contributed by atoms with Crippen LogP contribution >= 0.6 is 0 Å². The second-order valence-electron chi connectivity index (χ2n) is 6.37. The van der Waals surface area contributed by atoms with Crippen LogP contribution in [0.5, 0.6) is 0 Å². The monoisotopic (exact) mass is 276 g/mol. The van der Waals surface area contributed by atoms with Crippen molar-refractivity contribution >= 4 is 0 Å². The Labute approximate surface area is 122 Å². The van der Waals surface area contributed by atoms with Crippen LogP contribution in [0.3, 0.4) is 0 Å². The molecule has 2 fully saturated rings. The molecule has 2 unspecified atom stereocenters. The zero-order chi connectivity index (χ0) is 13.8. The lowest BCUT2D eigenvalue weighted by Crippen LogP contribution is -2.56. The van der Waals surface area contributed by atoms with Gasteiger partial charge in [-0.3, -0.25) is 9.58 Å². The highest BCUT2D eigenvalue weighted by atomic mass is 15.3. The van der Waals surface area contributed by atoms with Crippen LogP contribution in [0.1, 0.15) is 45.4 Å². The summed E-state index contributed by atoms with van der Waals surface area (Å²) in [5.74, 6) is 0. The lowest BCUT2D eigenvalue weighted by molar-refractivity contribution is 0.0213. The fourth-order valence-electron chi connectivity index (χ4n) is 4.01. The van der Waals surface area contributed by atoms with Crippen molar-refractivity contribution in [3.63, 3.8) is 0 Å². The van der Waals surface area contributed by atoms with E-state index in [1.54, 1.807) is 0 Å². The van der Waals surface area contributed by atoms with E-state index in [2.05, 4.69) is 33.1 Å². The molecule has 1 aromatic heterocycles. The normalized spacial score (nSPS) is 30.6. The zero-order valence-corrected chi connectivity index (χ0v) is 12.7. The van der Waals surface area contributed by atoms with Crippen molar-refractivity contribution in [1.29, 1.82) is 0 Å². The van der Waals surface area contributed by atoms with Gasteiger partial charge in [-0.25, -0.2) is 0 Å². The van der Waals surface area contributed by atoms with E-state index in [9.17, 15) is 0 Å². The molecular formula is C16H28N4. The Morgan fingerprint density at radius 3 is 2.65 bits per heavy atom. The Morgan fingerprint density at radius 2 is 2.00 bits per heavy atom. The number of nitrogens with one attached hydrogen (secondary N) is 1. The molecule has 112 valence electrons. The van der Waals surface area contributed by atoms with Crippen LogP contribution in [0.4, 0.5) is 0 Å². The average molecular weight is 276 g/mol. The van der Waals surface area contributed by atoms with Gasteiger partial charge in [0.25, 0.3) is 0 Å². The minimum Gasteiger partial charge on any atom is -0.314 e. The van der Waals surface area contributed by atoms with Crippen LogP contribution in [0.25, 0.3) is 0 Å². The second kappa shape index (κ2) is 6.72. The highest BCUT2D eigenvalue weighted by molar-refractivity contribution is 4.95. The Bertz CT molecular complexity index is 375. The van der Waals surface area contributed by atoms with E-state index in [4.69, 9.17) is 0 Å². The smallest absolute Gasteiger partial charge is 0.0536 e. The first kappa shape index (κ1) is 14.1. The molecular weight excluding hydrogens is 248 g/mol. The van der Waals surface area contributed by atoms with Crippen LogP contribution in [0.15, 0.2) is 18.5 Å². The first-order chi connectivity index (χ1) is 9.86. The molecule has 0 saturated carbocycles. The first-order valence-electron chi connectivity index (χ1n) is 8.33. The number of rotatable bonds is 6. The Morgan fingerprint density at radius 1 is 1.20 bits per heavy atom. The molecule has 20 heavy (non-hydrogen) atoms. The summed E-state index contributed by atoms with van der Waals surface area (Å²) in [4.78, 5) is 2.77. The average Bonchev–Trinajstić information content (AvgIpc) is 2.95. The maximum Gasteiger partial charge on any atom is 0.0536 e. The fraction of sp³-hybridized carbons (Fsp3) is 0.812. The van der Waals surface area contributed by atoms with E-state index >= 15 is 0 Å². The number of nitrogens with zero attached hydrogens (tertiary/aromatic N) is 3. The van der Waals surface area contributed by atoms with E-state index in [1.807, 2.05) is 12.3 Å². The summed E-state index contributed by atoms with van der Waals surface area (Å²) in [7, 11) is 0. The summed E-state index contributed by atoms with van der Waals surface area (Å²) in [5, 5.41) is 8.07. The predicted octanol–water partition coefficient (Wildman–Crippen LogP) is 2.27. The lowest BCUT2D eigenvalue weighted by atomic mass is 9.81. The SMILES string of the molecule is CCCNC1CC2CCCC(C1)N2CCn1cccn1. The largest absolute Gasteiger partial charge is 0.314 e. The molecule has 2 aliphatic rings. The maximum atomic E-state index is 4.33. The molecule has 3 rings (SSSR count). The summed E-state index contributed by atoms with van der Waals surface area (Å²) in [6.45, 7) is 5.63. The Kier molecular flexibility index (Phi) is 4.73. The van der Waals surface area contributed by atoms with Gasteiger partial charge in [-0.15, -0.1) is 0 Å². The number of piperidine rings is 2. The molecule has 4 heteroatoms. The topological polar surface area (TPSA) is 33.1 Å². The quantitative estimate of drug-likeness (QED) is 0.865. The number of fused-ring (bicyclic) bond motifs is 2. The van der Waals surface area contributed by atoms with Gasteiger partial charge < -0.3 is 5.32 Å². The maximum absolute atomic E-state index is 4.33. The van der Waals surface area contributed by atoms with Crippen LogP contribution < -0.4 is 5.32 Å². The van der Waals surface area contributed by atoms with Gasteiger partial charge in [-0.2, -0.15) is 5.10 Å². The van der Waals surface area contributed by atoms with E-state index < -0.39 is 0 Å². The number of hydrogen-bond donors (Lipinski definition) is 1. The molecule has 2 saturated heterocycles. The van der Waals surface area contributed by atoms with Crippen molar-refractivity contribution in [2.45, 2.75) is 70.1 Å². The van der Waals surface area contributed by atoms with Crippen molar-refractivity contribution in [2.24, 2.45) is 0 Å². The van der Waals surface area contributed by atoms with Gasteiger partial charge in [0.15, 0.2) is 0 Å². The van der Waals surface area contributed by atoms with Crippen molar-refractivity contribution < 1.29 is 0 Å². The fourth-order valence-corrected chi connectivity index (χ4v) is 4.01. The highest BCUT2D eigenvalue weighted by Crippen LogP contribution is 2.33. The molecule has 2 bridgehead atoms. The highest BCUT2D eigenvalue weighted by Gasteiger charge is 2.37. The summed E-state index contributed by atoms with van der Waals surface area (Å²) < 4.78 is 2.07. The van der Waals surface area contributed by atoms with Crippen LogP contribution in [0.2, 0.25) is 0 Å². The van der Waals surface area contributed by atoms with Crippen LogP contribution in [0, 0.1) is 0 Å². The number of hydrogen-bond acceptors (Lipinski definition) is 3. The molecule has 2 aliphatic heterocycles. The molecule has 0 spiro atoms. The minimum absolute atomic E-state index is 0.756. The Hall–Kier alpha value is -0.870. The van der Waals surface area contributed by atoms with E-state index in [0.29, 0.717) is 0 Å². The molecule has 0 radical (unpaired) electrons. The summed E-state index contributed by atoms with van der Waals surface area (Å²) >= 11 is 0. The third-order valence-electron chi connectivity index (χ3n) is 4.96. The molecule has 0 amide bonds. The molecule has 2 atom stereocenters. The molecule has 1 aromatic rings. The van der Waals surface area contributed by atoms with Gasteiger partial charge in [0.2, 0.25) is 0 Å². The van der Waals surface area contributed by atoms with E-state index in [0.717, 1.165) is 31.2 Å². The molecule has 0 aliphatic carbocycles. The van der Waals surface area contributed by atoms with Crippen LogP contribution in [-0.2, 0) is 6.54 Å². The Balaban J connectivity index is 1.55. The third-order valence-corrected chi connectivity index (χ3v) is 4.96. The summed E-state index contributed by atoms with van der Waals surface area (Å²) in [6, 6.07) is 4.37. The van der Waals surface area contributed by atoms with Crippen molar-refractivity contribution in [1.82, 2.24) is 20.0 Å². The van der Waals surface area contributed by atoms with Gasteiger partial charge in [-0.05, 0) is 44.7 Å². The van der Waals surface area contributed by atoms with E-state index in [1.165, 1.54) is 45.1 Å². The minimum atomic E-state index is 0.756. The molecule has 4 nitrogen and oxygen atoms in total. The summed E-state index contributed by atoms with van der Waals surface area (Å²) in [5.41, 5.74) is 0. The molecule has 0 aromatic carbocycles. The first-order valence-corrected chi connectivity index (χ1v) is 8.33. The van der Waals surface area contributed by atoms with Crippen molar-refractivity contribution in [3.8, 4) is 0 Å². The lowest BCUT2D eigenvalue weighted by Gasteiger charge is -2.49. The standard InChI is InChI=1S/C16H28N4/c1-2-7-17-14-12-15-5-3-6-16(13-14)20(15)11-10-19-9-4-8-18-19/h4,8-9,14-17H,2-3,5-7,10-13H2,1H3. The van der Waals surface area contributed by atoms with E-state index in [-0.39, 0.29) is 0 Å². The molecule has 1 N–H and O–H groups in total. The van der Waals surface area contributed by atoms with Crippen molar-refractivity contribution in [3.05, 3.63) is 18.5 Å². The summed E-state index contributed by atoms with van der Waals surface area (Å²) in [6.07, 6.45) is 12.1. The zero-order valence-electron chi connectivity index (χ0n) is 12.7. The third kappa shape index (κ3) is 3.23. The van der Waals surface area contributed by atoms with Gasteiger partial charge >= 0.3 is 0 Å². The van der Waals surface area contributed by atoms with Gasteiger partial charge in [0.1, 0.15) is 0 Å². The van der Waals surface area contributed by atoms with Crippen molar-refractivity contribution in [2.75, 3.05) is 13.1 Å². The van der Waals surface area contributed by atoms with Gasteiger partial charge in [0, 0.05) is 37.1 Å².